The summed E-state index contributed by atoms with van der Waals surface area (Å²) in [6.07, 6.45) is -0.626. The molecule has 1 atom stereocenters. The van der Waals surface area contributed by atoms with Crippen molar-refractivity contribution in [1.29, 1.82) is 0 Å². The fourth-order valence-electron chi connectivity index (χ4n) is 3.20. The summed E-state index contributed by atoms with van der Waals surface area (Å²) in [5.74, 6) is 1.35. The predicted octanol–water partition coefficient (Wildman–Crippen LogP) is 2.17. The number of nitrogens with zero attached hydrogens (tertiary/aromatic N) is 3. The molecule has 3 rings (SSSR count). The number of piperazine rings is 1. The Morgan fingerprint density at radius 2 is 1.82 bits per heavy atom. The number of non-ortho nitro benzene ring substituents is 1. The summed E-state index contributed by atoms with van der Waals surface area (Å²) in [5.41, 5.74) is 1.16. The molecule has 1 unspecified atom stereocenters. The smallest absolute Gasteiger partial charge is 0.269 e. The molecule has 150 valence electrons. The van der Waals surface area contributed by atoms with Gasteiger partial charge in [0, 0.05) is 56.6 Å². The van der Waals surface area contributed by atoms with Crippen LogP contribution in [0.15, 0.2) is 48.5 Å². The van der Waals surface area contributed by atoms with Gasteiger partial charge in [0.25, 0.3) is 5.69 Å². The van der Waals surface area contributed by atoms with Crippen molar-refractivity contribution in [3.8, 4) is 11.5 Å². The van der Waals surface area contributed by atoms with Gasteiger partial charge in [0.05, 0.1) is 12.0 Å². The van der Waals surface area contributed by atoms with Gasteiger partial charge in [0.15, 0.2) is 0 Å². The third kappa shape index (κ3) is 5.34. The molecule has 0 aliphatic carbocycles. The number of nitro groups is 1. The van der Waals surface area contributed by atoms with Crippen LogP contribution in [0.5, 0.6) is 11.5 Å². The fraction of sp³-hybridized carbons (Fsp3) is 0.400. The second-order valence-corrected chi connectivity index (χ2v) is 6.70. The minimum Gasteiger partial charge on any atom is -0.497 e. The first kappa shape index (κ1) is 19.9. The van der Waals surface area contributed by atoms with Gasteiger partial charge in [-0.15, -0.1) is 0 Å². The maximum atomic E-state index is 10.7. The van der Waals surface area contributed by atoms with Crippen LogP contribution in [0.1, 0.15) is 0 Å². The van der Waals surface area contributed by atoms with E-state index in [9.17, 15) is 15.2 Å². The van der Waals surface area contributed by atoms with E-state index in [1.807, 2.05) is 18.2 Å². The molecular formula is C20H25N3O5. The Morgan fingerprint density at radius 3 is 2.46 bits per heavy atom. The average molecular weight is 387 g/mol. The standard InChI is InChI=1S/C20H25N3O5/c1-27-20-4-2-3-17(13-20)22-11-9-21(10-12-22)14-18(24)15-28-19-7-5-16(6-8-19)23(25)26/h2-8,13,18,24H,9-12,14-15H2,1H3. The Hall–Kier alpha value is -2.84. The number of β-amino-alcohol motifs (C(OH)–C–C–N with tert-alkyl or cyclic N) is 1. The van der Waals surface area contributed by atoms with E-state index in [1.165, 1.54) is 24.3 Å². The van der Waals surface area contributed by atoms with Gasteiger partial charge in [-0.05, 0) is 24.3 Å². The van der Waals surface area contributed by atoms with E-state index in [0.717, 1.165) is 37.6 Å². The predicted molar refractivity (Wildman–Crippen MR) is 106 cm³/mol. The van der Waals surface area contributed by atoms with E-state index in [4.69, 9.17) is 9.47 Å². The number of ether oxygens (including phenoxy) is 2. The Balaban J connectivity index is 1.42. The highest BCUT2D eigenvalue weighted by Gasteiger charge is 2.20. The van der Waals surface area contributed by atoms with Crippen LogP contribution in [0, 0.1) is 10.1 Å². The van der Waals surface area contributed by atoms with Crippen LogP contribution in [0.3, 0.4) is 0 Å². The monoisotopic (exact) mass is 387 g/mol. The van der Waals surface area contributed by atoms with Crippen molar-refractivity contribution >= 4 is 11.4 Å². The number of nitro benzene ring substituents is 1. The number of aliphatic hydroxyl groups excluding tert-OH is 1. The van der Waals surface area contributed by atoms with Crippen LogP contribution in [-0.2, 0) is 0 Å². The first-order valence-corrected chi connectivity index (χ1v) is 9.22. The van der Waals surface area contributed by atoms with E-state index in [0.29, 0.717) is 12.3 Å². The number of methoxy groups -OCH3 is 1. The van der Waals surface area contributed by atoms with E-state index in [1.54, 1.807) is 7.11 Å². The summed E-state index contributed by atoms with van der Waals surface area (Å²) >= 11 is 0. The maximum absolute atomic E-state index is 10.7. The third-order valence-electron chi connectivity index (χ3n) is 4.75. The van der Waals surface area contributed by atoms with Crippen LogP contribution in [0.4, 0.5) is 11.4 Å². The lowest BCUT2D eigenvalue weighted by Gasteiger charge is -2.37. The van der Waals surface area contributed by atoms with E-state index in [-0.39, 0.29) is 12.3 Å². The molecule has 2 aromatic rings. The molecule has 2 aromatic carbocycles. The lowest BCUT2D eigenvalue weighted by atomic mass is 10.2. The molecule has 0 spiro atoms. The first-order chi connectivity index (χ1) is 13.5. The highest BCUT2D eigenvalue weighted by molar-refractivity contribution is 5.51. The lowest BCUT2D eigenvalue weighted by molar-refractivity contribution is -0.384. The molecule has 1 aliphatic rings. The van der Waals surface area contributed by atoms with E-state index >= 15 is 0 Å². The Kier molecular flexibility index (Phi) is 6.67. The van der Waals surface area contributed by atoms with Gasteiger partial charge >= 0.3 is 0 Å². The first-order valence-electron chi connectivity index (χ1n) is 9.22. The zero-order valence-electron chi connectivity index (χ0n) is 15.9. The average Bonchev–Trinajstić information content (AvgIpc) is 2.73. The zero-order chi connectivity index (χ0) is 19.9. The molecule has 0 amide bonds. The molecule has 0 saturated carbocycles. The van der Waals surface area contributed by atoms with Crippen molar-refractivity contribution in [2.45, 2.75) is 6.10 Å². The highest BCUT2D eigenvalue weighted by atomic mass is 16.6. The molecule has 1 aliphatic heterocycles. The van der Waals surface area contributed by atoms with Crippen LogP contribution in [0.2, 0.25) is 0 Å². The SMILES string of the molecule is COc1cccc(N2CCN(CC(O)COc3ccc([N+](=O)[O-])cc3)CC2)c1. The van der Waals surface area contributed by atoms with Crippen molar-refractivity contribution in [3.05, 3.63) is 58.6 Å². The van der Waals surface area contributed by atoms with Crippen molar-refractivity contribution in [1.82, 2.24) is 4.90 Å². The molecule has 8 heteroatoms. The van der Waals surface area contributed by atoms with Crippen LogP contribution in [0.25, 0.3) is 0 Å². The molecule has 1 saturated heterocycles. The van der Waals surface area contributed by atoms with Crippen molar-refractivity contribution in [2.24, 2.45) is 0 Å². The molecular weight excluding hydrogens is 362 g/mol. The summed E-state index contributed by atoms with van der Waals surface area (Å²) in [6.45, 7) is 4.14. The summed E-state index contributed by atoms with van der Waals surface area (Å²) in [4.78, 5) is 14.7. The van der Waals surface area contributed by atoms with Crippen LogP contribution < -0.4 is 14.4 Å². The molecule has 1 N–H and O–H groups in total. The minimum absolute atomic E-state index is 0.0156. The minimum atomic E-state index is -0.626. The number of hydrogen-bond acceptors (Lipinski definition) is 7. The molecule has 8 nitrogen and oxygen atoms in total. The second kappa shape index (κ2) is 9.38. The number of benzene rings is 2. The Labute approximate surface area is 164 Å². The summed E-state index contributed by atoms with van der Waals surface area (Å²) in [6, 6.07) is 13.9. The van der Waals surface area contributed by atoms with Gasteiger partial charge in [0.1, 0.15) is 24.2 Å². The number of aliphatic hydroxyl groups is 1. The van der Waals surface area contributed by atoms with Crippen molar-refractivity contribution < 1.29 is 19.5 Å². The highest BCUT2D eigenvalue weighted by Crippen LogP contribution is 2.22. The Bertz CT molecular complexity index is 776. The number of hydrogen-bond donors (Lipinski definition) is 1. The maximum Gasteiger partial charge on any atom is 0.269 e. The van der Waals surface area contributed by atoms with Gasteiger partial charge in [-0.25, -0.2) is 0 Å². The summed E-state index contributed by atoms with van der Waals surface area (Å²) in [7, 11) is 1.66. The normalized spacial score (nSPS) is 15.9. The van der Waals surface area contributed by atoms with Crippen molar-refractivity contribution in [3.63, 3.8) is 0 Å². The Morgan fingerprint density at radius 1 is 1.11 bits per heavy atom. The molecule has 28 heavy (non-hydrogen) atoms. The number of anilines is 1. The van der Waals surface area contributed by atoms with Gasteiger partial charge in [-0.1, -0.05) is 6.07 Å². The fourth-order valence-corrected chi connectivity index (χ4v) is 3.20. The third-order valence-corrected chi connectivity index (χ3v) is 4.75. The quantitative estimate of drug-likeness (QED) is 0.548. The van der Waals surface area contributed by atoms with E-state index < -0.39 is 11.0 Å². The van der Waals surface area contributed by atoms with Crippen LogP contribution >= 0.6 is 0 Å². The van der Waals surface area contributed by atoms with Gasteiger partial charge in [-0.2, -0.15) is 0 Å². The molecule has 0 radical (unpaired) electrons. The van der Waals surface area contributed by atoms with Crippen LogP contribution in [-0.4, -0.2) is 67.5 Å². The lowest BCUT2D eigenvalue weighted by Crippen LogP contribution is -2.49. The largest absolute Gasteiger partial charge is 0.497 e. The molecule has 1 heterocycles. The van der Waals surface area contributed by atoms with Crippen molar-refractivity contribution in [2.75, 3.05) is 51.3 Å². The topological polar surface area (TPSA) is 88.3 Å². The second-order valence-electron chi connectivity index (χ2n) is 6.70. The molecule has 0 aromatic heterocycles. The summed E-state index contributed by atoms with van der Waals surface area (Å²) in [5, 5.41) is 20.9. The van der Waals surface area contributed by atoms with Gasteiger partial charge < -0.3 is 19.5 Å². The van der Waals surface area contributed by atoms with Gasteiger partial charge in [0.2, 0.25) is 0 Å². The molecule has 0 bridgehead atoms. The van der Waals surface area contributed by atoms with E-state index in [2.05, 4.69) is 15.9 Å². The summed E-state index contributed by atoms with van der Waals surface area (Å²) < 4.78 is 10.8. The number of rotatable bonds is 8. The van der Waals surface area contributed by atoms with Gasteiger partial charge in [-0.3, -0.25) is 15.0 Å². The molecule has 1 fully saturated rings. The zero-order valence-corrected chi connectivity index (χ0v) is 15.9.